The number of rotatable bonds is 7. The van der Waals surface area contributed by atoms with Crippen LogP contribution in [0.1, 0.15) is 58.5 Å². The lowest BCUT2D eigenvalue weighted by Crippen LogP contribution is -2.37. The van der Waals surface area contributed by atoms with Crippen LogP contribution in [0.5, 0.6) is 5.75 Å². The Morgan fingerprint density at radius 1 is 1.15 bits per heavy atom. The summed E-state index contributed by atoms with van der Waals surface area (Å²) in [5.41, 5.74) is 2.38. The molecule has 0 spiro atoms. The number of primary amides is 1. The summed E-state index contributed by atoms with van der Waals surface area (Å²) in [5, 5.41) is 2.73. The zero-order valence-electron chi connectivity index (χ0n) is 17.5. The largest absolute Gasteiger partial charge is 0.573 e. The molecule has 4 N–H and O–H groups in total. The van der Waals surface area contributed by atoms with Crippen LogP contribution in [-0.2, 0) is 6.54 Å². The first kappa shape index (κ1) is 24.1. The molecule has 0 bridgehead atoms. The summed E-state index contributed by atoms with van der Waals surface area (Å²) in [6.45, 7) is -0.171. The first-order valence-corrected chi connectivity index (χ1v) is 10.3. The van der Waals surface area contributed by atoms with Crippen molar-refractivity contribution < 1.29 is 27.5 Å². The topological polar surface area (TPSA) is 136 Å². The quantitative estimate of drug-likeness (QED) is 0.570. The minimum atomic E-state index is -5.07. The number of carbonyl (C=O) groups excluding carboxylic acids is 2. The average molecular weight is 468 g/mol. The number of aromatic amines is 1. The fraction of sp³-hybridized carbons (Fsp3) is 0.429. The molecule has 1 aromatic carbocycles. The number of ether oxygens (including phenoxy) is 1. The minimum Gasteiger partial charge on any atom is -0.405 e. The van der Waals surface area contributed by atoms with Gasteiger partial charge >= 0.3 is 12.1 Å². The Morgan fingerprint density at radius 3 is 2.45 bits per heavy atom. The van der Waals surface area contributed by atoms with Gasteiger partial charge in [0, 0.05) is 23.7 Å². The van der Waals surface area contributed by atoms with E-state index < -0.39 is 47.4 Å². The van der Waals surface area contributed by atoms with E-state index >= 15 is 0 Å². The van der Waals surface area contributed by atoms with E-state index in [4.69, 9.17) is 5.73 Å². The summed E-state index contributed by atoms with van der Waals surface area (Å²) in [6, 6.07) is 4.13. The van der Waals surface area contributed by atoms with Crippen LogP contribution in [0, 0.1) is 5.92 Å². The van der Waals surface area contributed by atoms with E-state index in [0.717, 1.165) is 44.2 Å². The van der Waals surface area contributed by atoms with Crippen LogP contribution in [0.3, 0.4) is 0 Å². The molecule has 1 fully saturated rings. The molecule has 1 saturated carbocycles. The maximum absolute atomic E-state index is 13.0. The molecule has 3 rings (SSSR count). The fourth-order valence-corrected chi connectivity index (χ4v) is 3.75. The normalized spacial score (nSPS) is 14.6. The van der Waals surface area contributed by atoms with Gasteiger partial charge < -0.3 is 20.8 Å². The summed E-state index contributed by atoms with van der Waals surface area (Å²) >= 11 is 0. The Kier molecular flexibility index (Phi) is 7.24. The zero-order chi connectivity index (χ0) is 24.2. The standard InChI is InChI=1S/C21H23F3N4O5/c22-21(23,24)33-16-8-13(19(31)26-10-12-4-2-1-3-5-12)6-7-14(16)11-28-17(29)9-15(18(25)30)27-20(28)32/h6-9,12H,1-5,10-11H2,(H2,25,30)(H,26,31)(H,27,32). The molecule has 0 atom stereocenters. The van der Waals surface area contributed by atoms with Gasteiger partial charge in [0.05, 0.1) is 6.54 Å². The lowest BCUT2D eigenvalue weighted by Gasteiger charge is -2.22. The van der Waals surface area contributed by atoms with Crippen molar-refractivity contribution in [1.29, 1.82) is 0 Å². The van der Waals surface area contributed by atoms with Crippen LogP contribution < -0.4 is 27.0 Å². The van der Waals surface area contributed by atoms with Gasteiger partial charge in [0.1, 0.15) is 11.4 Å². The van der Waals surface area contributed by atoms with Crippen LogP contribution >= 0.6 is 0 Å². The van der Waals surface area contributed by atoms with Crippen molar-refractivity contribution in [1.82, 2.24) is 14.9 Å². The van der Waals surface area contributed by atoms with Crippen molar-refractivity contribution in [3.8, 4) is 5.75 Å². The second-order valence-corrected chi connectivity index (χ2v) is 7.86. The van der Waals surface area contributed by atoms with Gasteiger partial charge in [-0.2, -0.15) is 0 Å². The number of nitrogens with two attached hydrogens (primary N) is 1. The Balaban J connectivity index is 1.86. The molecular weight excluding hydrogens is 445 g/mol. The Hall–Kier alpha value is -3.57. The van der Waals surface area contributed by atoms with Gasteiger partial charge in [-0.3, -0.25) is 19.0 Å². The number of nitrogens with one attached hydrogen (secondary N) is 2. The Morgan fingerprint density at radius 2 is 1.85 bits per heavy atom. The molecule has 178 valence electrons. The molecule has 2 aromatic rings. The number of benzene rings is 1. The number of halogens is 3. The molecule has 12 heteroatoms. The van der Waals surface area contributed by atoms with Gasteiger partial charge in [0.25, 0.3) is 17.4 Å². The summed E-state index contributed by atoms with van der Waals surface area (Å²) in [6.07, 6.45) is 0.217. The predicted molar refractivity (Wildman–Crippen MR) is 111 cm³/mol. The zero-order valence-corrected chi connectivity index (χ0v) is 17.5. The lowest BCUT2D eigenvalue weighted by atomic mass is 9.89. The van der Waals surface area contributed by atoms with Crippen LogP contribution in [0.25, 0.3) is 0 Å². The Bertz CT molecular complexity index is 1120. The number of alkyl halides is 3. The smallest absolute Gasteiger partial charge is 0.405 e. The van der Waals surface area contributed by atoms with Gasteiger partial charge in [-0.05, 0) is 30.9 Å². The second kappa shape index (κ2) is 9.92. The van der Waals surface area contributed by atoms with Crippen LogP contribution in [0.4, 0.5) is 13.2 Å². The van der Waals surface area contributed by atoms with E-state index in [-0.39, 0.29) is 11.1 Å². The first-order chi connectivity index (χ1) is 15.5. The third-order valence-corrected chi connectivity index (χ3v) is 5.45. The molecule has 0 radical (unpaired) electrons. The Labute approximate surface area is 185 Å². The van der Waals surface area contributed by atoms with E-state index in [9.17, 15) is 32.3 Å². The highest BCUT2D eigenvalue weighted by molar-refractivity contribution is 5.94. The molecule has 9 nitrogen and oxygen atoms in total. The fourth-order valence-electron chi connectivity index (χ4n) is 3.75. The van der Waals surface area contributed by atoms with Gasteiger partial charge in [0.15, 0.2) is 0 Å². The summed E-state index contributed by atoms with van der Waals surface area (Å²) in [5.74, 6) is -1.99. The highest BCUT2D eigenvalue weighted by atomic mass is 19.4. The number of aromatic nitrogens is 2. The number of carbonyl (C=O) groups is 2. The van der Waals surface area contributed by atoms with Crippen molar-refractivity contribution >= 4 is 11.8 Å². The van der Waals surface area contributed by atoms with Gasteiger partial charge in [0.2, 0.25) is 0 Å². The van der Waals surface area contributed by atoms with E-state index in [1.165, 1.54) is 12.1 Å². The van der Waals surface area contributed by atoms with Crippen molar-refractivity contribution in [2.75, 3.05) is 6.54 Å². The van der Waals surface area contributed by atoms with Crippen molar-refractivity contribution in [2.45, 2.75) is 45.0 Å². The predicted octanol–water partition coefficient (Wildman–Crippen LogP) is 1.89. The summed E-state index contributed by atoms with van der Waals surface area (Å²) < 4.78 is 43.5. The number of amides is 2. The molecule has 1 aromatic heterocycles. The van der Waals surface area contributed by atoms with Gasteiger partial charge in [-0.15, -0.1) is 13.2 Å². The molecule has 0 unspecified atom stereocenters. The lowest BCUT2D eigenvalue weighted by molar-refractivity contribution is -0.274. The first-order valence-electron chi connectivity index (χ1n) is 10.3. The number of nitrogens with zero attached hydrogens (tertiary/aromatic N) is 1. The van der Waals surface area contributed by atoms with Gasteiger partial charge in [-0.1, -0.05) is 25.3 Å². The number of hydrogen-bond acceptors (Lipinski definition) is 5. The number of hydrogen-bond donors (Lipinski definition) is 3. The molecule has 1 heterocycles. The molecule has 2 amide bonds. The monoisotopic (exact) mass is 468 g/mol. The van der Waals surface area contributed by atoms with Crippen LogP contribution in [-0.4, -0.2) is 34.3 Å². The maximum atomic E-state index is 13.0. The second-order valence-electron chi connectivity index (χ2n) is 7.86. The van der Waals surface area contributed by atoms with Crippen molar-refractivity contribution in [2.24, 2.45) is 11.7 Å². The summed E-state index contributed by atoms with van der Waals surface area (Å²) in [4.78, 5) is 50.1. The van der Waals surface area contributed by atoms with Crippen molar-refractivity contribution in [3.05, 3.63) is 61.9 Å². The highest BCUT2D eigenvalue weighted by Gasteiger charge is 2.32. The highest BCUT2D eigenvalue weighted by Crippen LogP contribution is 2.28. The van der Waals surface area contributed by atoms with Crippen LogP contribution in [0.15, 0.2) is 33.9 Å². The summed E-state index contributed by atoms with van der Waals surface area (Å²) in [7, 11) is 0. The van der Waals surface area contributed by atoms with E-state index in [1.54, 1.807) is 0 Å². The van der Waals surface area contributed by atoms with Gasteiger partial charge in [-0.25, -0.2) is 4.79 Å². The van der Waals surface area contributed by atoms with Crippen LogP contribution in [0.2, 0.25) is 0 Å². The molecule has 0 saturated heterocycles. The van der Waals surface area contributed by atoms with Crippen molar-refractivity contribution in [3.63, 3.8) is 0 Å². The molecule has 33 heavy (non-hydrogen) atoms. The molecule has 1 aliphatic carbocycles. The van der Waals surface area contributed by atoms with E-state index in [0.29, 0.717) is 17.0 Å². The van der Waals surface area contributed by atoms with E-state index in [2.05, 4.69) is 15.0 Å². The minimum absolute atomic E-state index is 0.0563. The van der Waals surface area contributed by atoms with E-state index in [1.807, 2.05) is 0 Å². The average Bonchev–Trinajstić information content (AvgIpc) is 2.74. The molecular formula is C21H23F3N4O5. The SMILES string of the molecule is NC(=O)c1cc(=O)n(Cc2ccc(C(=O)NCC3CCCCC3)cc2OC(F)(F)F)c(=O)[nH]1. The third-order valence-electron chi connectivity index (χ3n) is 5.45. The number of H-pyrrole nitrogens is 1. The molecule has 1 aliphatic rings. The molecule has 0 aliphatic heterocycles. The maximum Gasteiger partial charge on any atom is 0.573 e. The third kappa shape index (κ3) is 6.46.